The summed E-state index contributed by atoms with van der Waals surface area (Å²) in [4.78, 5) is 19.4. The van der Waals surface area contributed by atoms with Gasteiger partial charge in [-0.15, -0.1) is 0 Å². The lowest BCUT2D eigenvalue weighted by molar-refractivity contribution is -0.129. The van der Waals surface area contributed by atoms with E-state index >= 15 is 0 Å². The maximum atomic E-state index is 13.1. The predicted octanol–water partition coefficient (Wildman–Crippen LogP) is 4.89. The number of hydrogen-bond acceptors (Lipinski definition) is 4. The lowest BCUT2D eigenvalue weighted by Crippen LogP contribution is -2.31. The van der Waals surface area contributed by atoms with Gasteiger partial charge < -0.3 is 4.90 Å². The second-order valence-electron chi connectivity index (χ2n) is 6.88. The summed E-state index contributed by atoms with van der Waals surface area (Å²) in [6.07, 6.45) is 0. The molecular weight excluding hydrogens is 378 g/mol. The third kappa shape index (κ3) is 5.69. The molecule has 3 rings (SSSR count). The molecule has 0 saturated carbocycles. The number of nitrogens with zero attached hydrogens (tertiary/aromatic N) is 3. The van der Waals surface area contributed by atoms with Crippen LogP contribution in [0.15, 0.2) is 71.8 Å². The molecule has 1 amide bonds. The van der Waals surface area contributed by atoms with Crippen molar-refractivity contribution in [1.82, 2.24) is 9.88 Å². The molecule has 0 N–H and O–H groups in total. The lowest BCUT2D eigenvalue weighted by Gasteiger charge is -2.23. The summed E-state index contributed by atoms with van der Waals surface area (Å²) >= 11 is 1.33. The smallest absolute Gasteiger partial charge is 0.233 e. The van der Waals surface area contributed by atoms with E-state index in [1.807, 2.05) is 85.5 Å². The molecule has 0 aliphatic rings. The lowest BCUT2D eigenvalue weighted by atomic mass is 10.1. The second kappa shape index (κ2) is 9.90. The van der Waals surface area contributed by atoms with Gasteiger partial charge >= 0.3 is 0 Å². The van der Waals surface area contributed by atoms with Crippen LogP contribution in [0.5, 0.6) is 0 Å². The maximum absolute atomic E-state index is 13.1. The van der Waals surface area contributed by atoms with E-state index in [0.29, 0.717) is 23.7 Å². The first-order chi connectivity index (χ1) is 14.1. The van der Waals surface area contributed by atoms with E-state index in [1.165, 1.54) is 11.8 Å². The third-order valence-corrected chi connectivity index (χ3v) is 5.50. The number of carbonyl (C=O) groups excluding carboxylic acids is 1. The van der Waals surface area contributed by atoms with E-state index in [1.54, 1.807) is 0 Å². The third-order valence-electron chi connectivity index (χ3n) is 4.54. The molecule has 146 valence electrons. The van der Waals surface area contributed by atoms with Gasteiger partial charge in [0.2, 0.25) is 5.91 Å². The highest BCUT2D eigenvalue weighted by Gasteiger charge is 2.17. The summed E-state index contributed by atoms with van der Waals surface area (Å²) in [6.45, 7) is 4.88. The summed E-state index contributed by atoms with van der Waals surface area (Å²) < 4.78 is 0. The topological polar surface area (TPSA) is 57.0 Å². The maximum Gasteiger partial charge on any atom is 0.233 e. The molecule has 0 fully saturated rings. The minimum atomic E-state index is 0.0209. The van der Waals surface area contributed by atoms with Gasteiger partial charge in [0.25, 0.3) is 0 Å². The molecule has 0 atom stereocenters. The van der Waals surface area contributed by atoms with Gasteiger partial charge in [-0.1, -0.05) is 72.4 Å². The number of aromatic nitrogens is 1. The Labute approximate surface area is 176 Å². The van der Waals surface area contributed by atoms with Gasteiger partial charge in [-0.25, -0.2) is 4.98 Å². The Morgan fingerprint density at radius 2 is 1.55 bits per heavy atom. The number of thioether (sulfide) groups is 1. The molecule has 0 unspecified atom stereocenters. The quantitative estimate of drug-likeness (QED) is 0.529. The van der Waals surface area contributed by atoms with Crippen molar-refractivity contribution < 1.29 is 4.79 Å². The largest absolute Gasteiger partial charge is 0.333 e. The highest BCUT2D eigenvalue weighted by molar-refractivity contribution is 8.00. The Hall–Kier alpha value is -3.10. The molecule has 4 nitrogen and oxygen atoms in total. The molecule has 2 aromatic carbocycles. The Morgan fingerprint density at radius 3 is 2.07 bits per heavy atom. The standard InChI is InChI=1S/C24H23N3OS/c1-18-13-19(2)26-24(22(18)14-25)29-17-23(28)27(15-20-9-5-3-6-10-20)16-21-11-7-4-8-12-21/h3-13H,15-17H2,1-2H3. The van der Waals surface area contributed by atoms with Crippen molar-refractivity contribution in [2.45, 2.75) is 32.0 Å². The van der Waals surface area contributed by atoms with Gasteiger partial charge in [0.15, 0.2) is 0 Å². The second-order valence-corrected chi connectivity index (χ2v) is 7.85. The van der Waals surface area contributed by atoms with Crippen molar-refractivity contribution in [3.63, 3.8) is 0 Å². The predicted molar refractivity (Wildman–Crippen MR) is 116 cm³/mol. The average molecular weight is 402 g/mol. The highest BCUT2D eigenvalue weighted by atomic mass is 32.2. The van der Waals surface area contributed by atoms with Gasteiger partial charge in [-0.2, -0.15) is 5.26 Å². The summed E-state index contributed by atoms with van der Waals surface area (Å²) in [7, 11) is 0. The van der Waals surface area contributed by atoms with Crippen LogP contribution in [-0.4, -0.2) is 21.5 Å². The first-order valence-electron chi connectivity index (χ1n) is 9.43. The number of aryl methyl sites for hydroxylation is 2. The molecule has 1 heterocycles. The van der Waals surface area contributed by atoms with E-state index in [-0.39, 0.29) is 11.7 Å². The van der Waals surface area contributed by atoms with E-state index in [2.05, 4.69) is 11.1 Å². The Morgan fingerprint density at radius 1 is 1.00 bits per heavy atom. The van der Waals surface area contributed by atoms with Crippen LogP contribution in [0.1, 0.15) is 27.9 Å². The molecule has 0 bridgehead atoms. The summed E-state index contributed by atoms with van der Waals surface area (Å²) in [5.74, 6) is 0.261. The van der Waals surface area contributed by atoms with E-state index in [0.717, 1.165) is 22.4 Å². The van der Waals surface area contributed by atoms with Crippen molar-refractivity contribution in [2.75, 3.05) is 5.75 Å². The van der Waals surface area contributed by atoms with Crippen LogP contribution in [-0.2, 0) is 17.9 Å². The Balaban J connectivity index is 1.77. The van der Waals surface area contributed by atoms with Gasteiger partial charge in [-0.05, 0) is 36.6 Å². The van der Waals surface area contributed by atoms with Gasteiger partial charge in [-0.3, -0.25) is 4.79 Å². The fraction of sp³-hybridized carbons (Fsp3) is 0.208. The fourth-order valence-electron chi connectivity index (χ4n) is 3.10. The average Bonchev–Trinajstić information content (AvgIpc) is 2.72. The molecule has 0 aliphatic heterocycles. The van der Waals surface area contributed by atoms with Crippen molar-refractivity contribution in [1.29, 1.82) is 5.26 Å². The van der Waals surface area contributed by atoms with Crippen molar-refractivity contribution in [3.8, 4) is 6.07 Å². The monoisotopic (exact) mass is 401 g/mol. The molecule has 0 aliphatic carbocycles. The number of nitriles is 1. The normalized spacial score (nSPS) is 10.4. The number of pyridine rings is 1. The molecule has 29 heavy (non-hydrogen) atoms. The van der Waals surface area contributed by atoms with E-state index in [4.69, 9.17) is 0 Å². The van der Waals surface area contributed by atoms with E-state index in [9.17, 15) is 10.1 Å². The SMILES string of the molecule is Cc1cc(C)c(C#N)c(SCC(=O)N(Cc2ccccc2)Cc2ccccc2)n1. The molecule has 0 saturated heterocycles. The van der Waals surface area contributed by atoms with Crippen LogP contribution in [0.25, 0.3) is 0 Å². The number of hydrogen-bond donors (Lipinski definition) is 0. The number of amides is 1. The van der Waals surface area contributed by atoms with Gasteiger partial charge in [0.1, 0.15) is 11.1 Å². The first-order valence-corrected chi connectivity index (χ1v) is 10.4. The van der Waals surface area contributed by atoms with Crippen LogP contribution in [0.4, 0.5) is 0 Å². The molecule has 5 heteroatoms. The summed E-state index contributed by atoms with van der Waals surface area (Å²) in [5, 5.41) is 10.1. The number of rotatable bonds is 7. The van der Waals surface area contributed by atoms with Crippen LogP contribution in [0.3, 0.4) is 0 Å². The number of benzene rings is 2. The zero-order valence-corrected chi connectivity index (χ0v) is 17.4. The molecule has 0 spiro atoms. The van der Waals surface area contributed by atoms with Crippen molar-refractivity contribution >= 4 is 17.7 Å². The number of carbonyl (C=O) groups is 1. The minimum absolute atomic E-state index is 0.0209. The van der Waals surface area contributed by atoms with Crippen molar-refractivity contribution in [2.24, 2.45) is 0 Å². The zero-order valence-electron chi connectivity index (χ0n) is 16.6. The summed E-state index contributed by atoms with van der Waals surface area (Å²) in [5.41, 5.74) is 4.46. The Bertz CT molecular complexity index is 972. The fourth-order valence-corrected chi connectivity index (χ4v) is 4.11. The van der Waals surface area contributed by atoms with Crippen LogP contribution >= 0.6 is 11.8 Å². The van der Waals surface area contributed by atoms with Gasteiger partial charge in [0.05, 0.1) is 11.3 Å². The zero-order chi connectivity index (χ0) is 20.6. The molecular formula is C24H23N3OS. The van der Waals surface area contributed by atoms with E-state index < -0.39 is 0 Å². The minimum Gasteiger partial charge on any atom is -0.333 e. The van der Waals surface area contributed by atoms with Crippen LogP contribution in [0, 0.1) is 25.2 Å². The first kappa shape index (κ1) is 20.6. The van der Waals surface area contributed by atoms with Crippen molar-refractivity contribution in [3.05, 3.63) is 94.7 Å². The highest BCUT2D eigenvalue weighted by Crippen LogP contribution is 2.24. The van der Waals surface area contributed by atoms with Crippen LogP contribution < -0.4 is 0 Å². The Kier molecular flexibility index (Phi) is 7.04. The van der Waals surface area contributed by atoms with Gasteiger partial charge in [0, 0.05) is 18.8 Å². The summed E-state index contributed by atoms with van der Waals surface area (Å²) in [6, 6.07) is 24.1. The molecule has 0 radical (unpaired) electrons. The van der Waals surface area contributed by atoms with Crippen LogP contribution in [0.2, 0.25) is 0 Å². The molecule has 3 aromatic rings. The molecule has 1 aromatic heterocycles.